The monoisotopic (exact) mass is 238 g/mol. The Hall–Kier alpha value is 1.75. The molecule has 0 spiro atoms. The minimum absolute atomic E-state index is 0. The van der Waals surface area contributed by atoms with E-state index in [1.54, 1.807) is 0 Å². The van der Waals surface area contributed by atoms with E-state index in [0.29, 0.717) is 0 Å². The van der Waals surface area contributed by atoms with Crippen LogP contribution in [0.3, 0.4) is 0 Å². The van der Waals surface area contributed by atoms with Crippen LogP contribution in [0.15, 0.2) is 0 Å². The van der Waals surface area contributed by atoms with Gasteiger partial charge in [0, 0.05) is 0 Å². The molecule has 1 atom stereocenters. The molecule has 0 fully saturated rings. The van der Waals surface area contributed by atoms with Gasteiger partial charge in [0.1, 0.15) is 0 Å². The Morgan fingerprint density at radius 3 is 1.42 bits per heavy atom. The molecule has 1 unspecified atom stereocenters. The van der Waals surface area contributed by atoms with Crippen LogP contribution < -0.4 is 19.9 Å². The van der Waals surface area contributed by atoms with Gasteiger partial charge in [-0.3, -0.25) is 8.88 Å². The Balaban J connectivity index is -0.000000405. The van der Waals surface area contributed by atoms with Crippen LogP contribution >= 0.6 is 15.6 Å². The van der Waals surface area contributed by atoms with E-state index >= 15 is 0 Å². The van der Waals surface area contributed by atoms with Crippen molar-refractivity contribution in [1.29, 1.82) is 0 Å². The molecule has 0 aliphatic heterocycles. The molecular formula is Mg2O8P2. The molecule has 0 aliphatic carbocycles. The first-order valence-electron chi connectivity index (χ1n) is 1.63. The van der Waals surface area contributed by atoms with Crippen LogP contribution in [-0.2, 0) is 18.1 Å². The quantitative estimate of drug-likeness (QED) is 0.208. The zero-order valence-electron chi connectivity index (χ0n) is 5.57. The van der Waals surface area contributed by atoms with Crippen LogP contribution in [0.5, 0.6) is 0 Å². The maximum atomic E-state index is 9.71. The van der Waals surface area contributed by atoms with Gasteiger partial charge in [-0.1, -0.05) is 0 Å². The minimum atomic E-state index is -5.70. The normalized spacial score (nSPS) is 15.3. The zero-order valence-corrected chi connectivity index (χ0v) is 10.2. The van der Waals surface area contributed by atoms with Crippen molar-refractivity contribution in [3.05, 3.63) is 0 Å². The van der Waals surface area contributed by atoms with Crippen LogP contribution in [-0.4, -0.2) is 46.1 Å². The van der Waals surface area contributed by atoms with Gasteiger partial charge >= 0.3 is 46.1 Å². The summed E-state index contributed by atoms with van der Waals surface area (Å²) in [6.07, 6.45) is 0. The van der Waals surface area contributed by atoms with Gasteiger partial charge in [0.2, 0.25) is 0 Å². The maximum Gasteiger partial charge on any atom is 2.00 e. The van der Waals surface area contributed by atoms with Crippen molar-refractivity contribution in [2.45, 2.75) is 0 Å². The average molecular weight is 239 g/mol. The Morgan fingerprint density at radius 2 is 1.33 bits per heavy atom. The Labute approximate surface area is 99.3 Å². The van der Waals surface area contributed by atoms with Gasteiger partial charge in [0.15, 0.2) is 0 Å². The SMILES string of the molecule is O=P([O-])([O-])OP(=O)([O-])O[O-].[Mg+2].[Mg+2]. The van der Waals surface area contributed by atoms with Crippen LogP contribution in [0.25, 0.3) is 0 Å². The predicted octanol–water partition coefficient (Wildman–Crippen LogP) is -4.17. The molecule has 62 valence electrons. The summed E-state index contributed by atoms with van der Waals surface area (Å²) < 4.78 is 24.1. The van der Waals surface area contributed by atoms with E-state index in [9.17, 15) is 23.8 Å². The largest absolute Gasteiger partial charge is 2.00 e. The van der Waals surface area contributed by atoms with Crippen LogP contribution in [0.1, 0.15) is 0 Å². The van der Waals surface area contributed by atoms with Gasteiger partial charge in [-0.25, -0.2) is 0 Å². The molecule has 12 heteroatoms. The summed E-state index contributed by atoms with van der Waals surface area (Å²) in [5.74, 6) is 0. The van der Waals surface area contributed by atoms with Gasteiger partial charge in [-0.2, -0.15) is 0 Å². The fourth-order valence-corrected chi connectivity index (χ4v) is 1.22. The van der Waals surface area contributed by atoms with E-state index in [0.717, 1.165) is 0 Å². The molecule has 0 bridgehead atoms. The maximum absolute atomic E-state index is 9.71. The average Bonchev–Trinajstić information content (AvgIpc) is 1.60. The number of hydrogen-bond donors (Lipinski definition) is 0. The first kappa shape index (κ1) is 19.3. The third-order valence-corrected chi connectivity index (χ3v) is 2.07. The van der Waals surface area contributed by atoms with E-state index < -0.39 is 15.6 Å². The Kier molecular flexibility index (Phi) is 11.4. The second kappa shape index (κ2) is 7.10. The second-order valence-electron chi connectivity index (χ2n) is 1.05. The van der Waals surface area contributed by atoms with Crippen molar-refractivity contribution < 1.29 is 38.1 Å². The number of rotatable bonds is 3. The van der Waals surface area contributed by atoms with Gasteiger partial charge in [0.25, 0.3) is 7.82 Å². The molecule has 0 saturated heterocycles. The summed E-state index contributed by atoms with van der Waals surface area (Å²) in [6.45, 7) is 0. The third kappa shape index (κ3) is 11.8. The van der Waals surface area contributed by atoms with E-state index in [2.05, 4.69) is 8.99 Å². The third-order valence-electron chi connectivity index (χ3n) is 0.291. The smallest absolute Gasteiger partial charge is 0.790 e. The summed E-state index contributed by atoms with van der Waals surface area (Å²) in [4.78, 5) is 28.6. The van der Waals surface area contributed by atoms with Crippen LogP contribution in [0, 0.1) is 0 Å². The number of phosphoric acid groups is 2. The molecule has 0 heterocycles. The first-order valence-corrected chi connectivity index (χ1v) is 4.55. The van der Waals surface area contributed by atoms with Crippen molar-refractivity contribution in [2.75, 3.05) is 0 Å². The first-order chi connectivity index (χ1) is 4.27. The molecule has 8 nitrogen and oxygen atoms in total. The van der Waals surface area contributed by atoms with Crippen molar-refractivity contribution >= 4 is 61.8 Å². The van der Waals surface area contributed by atoms with E-state index in [-0.39, 0.29) is 46.1 Å². The van der Waals surface area contributed by atoms with Crippen LogP contribution in [0.2, 0.25) is 0 Å². The predicted molar refractivity (Wildman–Crippen MR) is 28.9 cm³/mol. The minimum Gasteiger partial charge on any atom is -0.790 e. The summed E-state index contributed by atoms with van der Waals surface area (Å²) in [5.41, 5.74) is 0. The molecule has 0 aliphatic rings. The van der Waals surface area contributed by atoms with Crippen molar-refractivity contribution in [3.8, 4) is 0 Å². The van der Waals surface area contributed by atoms with E-state index in [1.165, 1.54) is 0 Å². The van der Waals surface area contributed by atoms with Gasteiger partial charge in [-0.05, 0) is 0 Å². The summed E-state index contributed by atoms with van der Waals surface area (Å²) in [7, 11) is -11.2. The standard InChI is InChI=1S/2Mg.H4O8P2/c;;1-7-10(5,6)8-9(2,3)4/h;;1H,(H,5,6)(H2,2,3,4)/q2*+2;/p-4. The van der Waals surface area contributed by atoms with Gasteiger partial charge in [-0.15, -0.1) is 0 Å². The molecule has 12 heavy (non-hydrogen) atoms. The van der Waals surface area contributed by atoms with Crippen molar-refractivity contribution in [1.82, 2.24) is 0 Å². The van der Waals surface area contributed by atoms with E-state index in [4.69, 9.17) is 5.26 Å². The molecule has 0 N–H and O–H groups in total. The molecule has 0 rings (SSSR count). The summed E-state index contributed by atoms with van der Waals surface area (Å²) >= 11 is 0. The molecular weight excluding hydrogens is 239 g/mol. The molecule has 0 saturated carbocycles. The van der Waals surface area contributed by atoms with Crippen LogP contribution in [0.4, 0.5) is 0 Å². The number of hydrogen-bond acceptors (Lipinski definition) is 8. The molecule has 0 radical (unpaired) electrons. The molecule has 0 aromatic rings. The second-order valence-corrected chi connectivity index (χ2v) is 3.64. The fourth-order valence-electron chi connectivity index (χ4n) is 0.136. The fraction of sp³-hybridized carbons (Fsp3) is 0. The van der Waals surface area contributed by atoms with Crippen molar-refractivity contribution in [2.24, 2.45) is 0 Å². The zero-order chi connectivity index (χ0) is 8.41. The van der Waals surface area contributed by atoms with E-state index in [1.807, 2.05) is 0 Å². The summed E-state index contributed by atoms with van der Waals surface area (Å²) in [6, 6.07) is 0. The van der Waals surface area contributed by atoms with Gasteiger partial charge in [0.05, 0.1) is 7.82 Å². The summed E-state index contributed by atoms with van der Waals surface area (Å²) in [5, 5.41) is 9.03. The van der Waals surface area contributed by atoms with Gasteiger partial charge < -0.3 is 29.2 Å². The molecule has 0 aromatic heterocycles. The Bertz CT molecular complexity index is 193. The van der Waals surface area contributed by atoms with Crippen molar-refractivity contribution in [3.63, 3.8) is 0 Å². The topological polar surface area (TPSA) is 145 Å². The molecule has 0 amide bonds. The molecule has 0 aromatic carbocycles. The Morgan fingerprint density at radius 1 is 1.00 bits per heavy atom.